The van der Waals surface area contributed by atoms with Crippen LogP contribution in [-0.2, 0) is 4.79 Å². The average Bonchev–Trinajstić information content (AvgIpc) is 2.37. The van der Waals surface area contributed by atoms with Gasteiger partial charge in [-0.25, -0.2) is 0 Å². The standard InChI is InChI=1S/C14H20N2O2/c1-3-6-13(15)14(17)16-11-7-5-8-12(10-11)18-9-4-2/h4-5,7-8,10,13H,2-3,6,9,15H2,1H3,(H,16,17). The molecule has 0 bridgehead atoms. The second kappa shape index (κ2) is 7.50. The summed E-state index contributed by atoms with van der Waals surface area (Å²) < 4.78 is 5.38. The average molecular weight is 248 g/mol. The minimum absolute atomic E-state index is 0.169. The van der Waals surface area contributed by atoms with Gasteiger partial charge in [0.2, 0.25) is 5.91 Å². The number of nitrogens with two attached hydrogens (primary N) is 1. The Morgan fingerprint density at radius 2 is 2.39 bits per heavy atom. The highest BCUT2D eigenvalue weighted by atomic mass is 16.5. The molecule has 1 unspecified atom stereocenters. The molecule has 3 N–H and O–H groups in total. The quantitative estimate of drug-likeness (QED) is 0.728. The number of anilines is 1. The van der Waals surface area contributed by atoms with E-state index < -0.39 is 6.04 Å². The highest BCUT2D eigenvalue weighted by Crippen LogP contribution is 2.17. The first-order valence-electron chi connectivity index (χ1n) is 6.07. The van der Waals surface area contributed by atoms with Gasteiger partial charge in [-0.1, -0.05) is 32.1 Å². The maximum absolute atomic E-state index is 11.7. The second-order valence-corrected chi connectivity index (χ2v) is 4.01. The number of hydrogen-bond donors (Lipinski definition) is 2. The largest absolute Gasteiger partial charge is 0.489 e. The van der Waals surface area contributed by atoms with Crippen molar-refractivity contribution in [1.82, 2.24) is 0 Å². The third-order valence-electron chi connectivity index (χ3n) is 2.41. The molecule has 0 saturated heterocycles. The third-order valence-corrected chi connectivity index (χ3v) is 2.41. The lowest BCUT2D eigenvalue weighted by molar-refractivity contribution is -0.117. The molecular weight excluding hydrogens is 228 g/mol. The molecule has 18 heavy (non-hydrogen) atoms. The van der Waals surface area contributed by atoms with Crippen molar-refractivity contribution in [3.05, 3.63) is 36.9 Å². The molecule has 1 amide bonds. The molecule has 0 aromatic heterocycles. The van der Waals surface area contributed by atoms with Crippen LogP contribution in [0.15, 0.2) is 36.9 Å². The maximum Gasteiger partial charge on any atom is 0.241 e. The van der Waals surface area contributed by atoms with Crippen LogP contribution >= 0.6 is 0 Å². The Labute approximate surface area is 108 Å². The van der Waals surface area contributed by atoms with Crippen LogP contribution in [0.4, 0.5) is 5.69 Å². The molecule has 0 aliphatic heterocycles. The first-order chi connectivity index (χ1) is 8.67. The number of carbonyl (C=O) groups excluding carboxylic acids is 1. The fourth-order valence-corrected chi connectivity index (χ4v) is 1.50. The van der Waals surface area contributed by atoms with E-state index in [1.54, 1.807) is 18.2 Å². The normalized spacial score (nSPS) is 11.7. The Morgan fingerprint density at radius 3 is 3.06 bits per heavy atom. The van der Waals surface area contributed by atoms with Crippen molar-refractivity contribution in [1.29, 1.82) is 0 Å². The molecule has 0 aliphatic rings. The zero-order chi connectivity index (χ0) is 13.4. The van der Waals surface area contributed by atoms with E-state index in [4.69, 9.17) is 10.5 Å². The van der Waals surface area contributed by atoms with Gasteiger partial charge in [0.25, 0.3) is 0 Å². The number of ether oxygens (including phenoxy) is 1. The molecule has 98 valence electrons. The monoisotopic (exact) mass is 248 g/mol. The van der Waals surface area contributed by atoms with Crippen LogP contribution in [0.5, 0.6) is 5.75 Å². The summed E-state index contributed by atoms with van der Waals surface area (Å²) in [7, 11) is 0. The zero-order valence-corrected chi connectivity index (χ0v) is 10.7. The molecule has 4 nitrogen and oxygen atoms in total. The number of benzene rings is 1. The van der Waals surface area contributed by atoms with Gasteiger partial charge in [-0.2, -0.15) is 0 Å². The number of amides is 1. The minimum Gasteiger partial charge on any atom is -0.489 e. The number of hydrogen-bond acceptors (Lipinski definition) is 3. The molecular formula is C14H20N2O2. The SMILES string of the molecule is C=CCOc1cccc(NC(=O)C(N)CCC)c1. The van der Waals surface area contributed by atoms with E-state index in [0.29, 0.717) is 24.5 Å². The van der Waals surface area contributed by atoms with E-state index >= 15 is 0 Å². The van der Waals surface area contributed by atoms with Crippen LogP contribution in [0, 0.1) is 0 Å². The van der Waals surface area contributed by atoms with Crippen molar-refractivity contribution < 1.29 is 9.53 Å². The summed E-state index contributed by atoms with van der Waals surface area (Å²) >= 11 is 0. The van der Waals surface area contributed by atoms with Gasteiger partial charge in [-0.3, -0.25) is 4.79 Å². The van der Waals surface area contributed by atoms with Gasteiger partial charge in [-0.05, 0) is 18.6 Å². The fourth-order valence-electron chi connectivity index (χ4n) is 1.50. The van der Waals surface area contributed by atoms with Gasteiger partial charge < -0.3 is 15.8 Å². The minimum atomic E-state index is -0.465. The number of carbonyl (C=O) groups is 1. The van der Waals surface area contributed by atoms with Crippen molar-refractivity contribution in [2.24, 2.45) is 5.73 Å². The summed E-state index contributed by atoms with van der Waals surface area (Å²) in [6.07, 6.45) is 3.23. The Kier molecular flexibility index (Phi) is 5.94. The molecule has 1 aromatic carbocycles. The summed E-state index contributed by atoms with van der Waals surface area (Å²) in [6.45, 7) is 6.01. The fraction of sp³-hybridized carbons (Fsp3) is 0.357. The molecule has 1 atom stereocenters. The van der Waals surface area contributed by atoms with Crippen LogP contribution in [-0.4, -0.2) is 18.6 Å². The molecule has 0 spiro atoms. The van der Waals surface area contributed by atoms with Crippen molar-refractivity contribution in [3.8, 4) is 5.75 Å². The lowest BCUT2D eigenvalue weighted by Gasteiger charge is -2.12. The Hall–Kier alpha value is -1.81. The van der Waals surface area contributed by atoms with Gasteiger partial charge in [0, 0.05) is 11.8 Å². The third kappa shape index (κ3) is 4.59. The molecule has 1 aromatic rings. The van der Waals surface area contributed by atoms with Crippen molar-refractivity contribution in [2.45, 2.75) is 25.8 Å². The molecule has 1 rings (SSSR count). The molecule has 0 heterocycles. The van der Waals surface area contributed by atoms with Crippen molar-refractivity contribution >= 4 is 11.6 Å². The summed E-state index contributed by atoms with van der Waals surface area (Å²) in [4.78, 5) is 11.7. The van der Waals surface area contributed by atoms with Gasteiger partial charge in [0.15, 0.2) is 0 Å². The highest BCUT2D eigenvalue weighted by molar-refractivity contribution is 5.94. The van der Waals surface area contributed by atoms with Crippen LogP contribution in [0.25, 0.3) is 0 Å². The smallest absolute Gasteiger partial charge is 0.241 e. The van der Waals surface area contributed by atoms with E-state index in [2.05, 4.69) is 11.9 Å². The molecule has 0 saturated carbocycles. The van der Waals surface area contributed by atoms with E-state index in [9.17, 15) is 4.79 Å². The summed E-state index contributed by atoms with van der Waals surface area (Å²) in [5.41, 5.74) is 6.43. The summed E-state index contributed by atoms with van der Waals surface area (Å²) in [6, 6.07) is 6.75. The van der Waals surface area contributed by atoms with E-state index in [1.165, 1.54) is 0 Å². The van der Waals surface area contributed by atoms with Gasteiger partial charge in [0.1, 0.15) is 12.4 Å². The number of rotatable bonds is 7. The number of nitrogens with one attached hydrogen (secondary N) is 1. The van der Waals surface area contributed by atoms with Crippen molar-refractivity contribution in [2.75, 3.05) is 11.9 Å². The van der Waals surface area contributed by atoms with E-state index in [1.807, 2.05) is 19.1 Å². The van der Waals surface area contributed by atoms with Crippen LogP contribution < -0.4 is 15.8 Å². The van der Waals surface area contributed by atoms with Gasteiger partial charge in [-0.15, -0.1) is 0 Å². The molecule has 0 aliphatic carbocycles. The van der Waals surface area contributed by atoms with E-state index in [-0.39, 0.29) is 5.91 Å². The van der Waals surface area contributed by atoms with Crippen LogP contribution in [0.2, 0.25) is 0 Å². The molecule has 0 fully saturated rings. The van der Waals surface area contributed by atoms with Gasteiger partial charge in [0.05, 0.1) is 6.04 Å². The lowest BCUT2D eigenvalue weighted by atomic mass is 10.1. The van der Waals surface area contributed by atoms with Crippen molar-refractivity contribution in [3.63, 3.8) is 0 Å². The second-order valence-electron chi connectivity index (χ2n) is 4.01. The lowest BCUT2D eigenvalue weighted by Crippen LogP contribution is -2.35. The maximum atomic E-state index is 11.7. The first kappa shape index (κ1) is 14.3. The summed E-state index contributed by atoms with van der Waals surface area (Å²) in [5, 5.41) is 2.77. The highest BCUT2D eigenvalue weighted by Gasteiger charge is 2.12. The predicted octanol–water partition coefficient (Wildman–Crippen LogP) is 2.32. The molecule has 4 heteroatoms. The summed E-state index contributed by atoms with van der Waals surface area (Å²) in [5.74, 6) is 0.523. The molecule has 0 radical (unpaired) electrons. The van der Waals surface area contributed by atoms with Crippen LogP contribution in [0.3, 0.4) is 0 Å². The topological polar surface area (TPSA) is 64.3 Å². The van der Waals surface area contributed by atoms with Crippen LogP contribution in [0.1, 0.15) is 19.8 Å². The van der Waals surface area contributed by atoms with Gasteiger partial charge >= 0.3 is 0 Å². The zero-order valence-electron chi connectivity index (χ0n) is 10.7. The predicted molar refractivity (Wildman–Crippen MR) is 73.6 cm³/mol. The Balaban J connectivity index is 2.61. The first-order valence-corrected chi connectivity index (χ1v) is 6.07. The van der Waals surface area contributed by atoms with E-state index in [0.717, 1.165) is 6.42 Å². The Bertz CT molecular complexity index is 405. The Morgan fingerprint density at radius 1 is 1.61 bits per heavy atom.